The lowest BCUT2D eigenvalue weighted by molar-refractivity contribution is -0.121. The van der Waals surface area contributed by atoms with Crippen LogP contribution >= 0.6 is 0 Å². The number of aromatic nitrogens is 1. The fourth-order valence-corrected chi connectivity index (χ4v) is 5.88. The molecule has 1 saturated heterocycles. The van der Waals surface area contributed by atoms with Crippen LogP contribution in [-0.2, 0) is 27.8 Å². The summed E-state index contributed by atoms with van der Waals surface area (Å²) in [5, 5.41) is 3.75. The molecule has 2 heterocycles. The zero-order valence-electron chi connectivity index (χ0n) is 19.6. The number of ether oxygens (including phenoxy) is 2. The molecule has 0 radical (unpaired) electrons. The average Bonchev–Trinajstić information content (AvgIpc) is 3.26. The van der Waals surface area contributed by atoms with Crippen molar-refractivity contribution in [1.82, 2.24) is 14.2 Å². The monoisotopic (exact) mass is 485 g/mol. The highest BCUT2D eigenvalue weighted by Crippen LogP contribution is 2.28. The number of methoxy groups -OCH3 is 2. The lowest BCUT2D eigenvalue weighted by Gasteiger charge is -2.25. The Morgan fingerprint density at radius 2 is 1.74 bits per heavy atom. The van der Waals surface area contributed by atoms with Crippen LogP contribution in [-0.4, -0.2) is 57.1 Å². The minimum atomic E-state index is -3.49. The molecule has 1 fully saturated rings. The molecule has 34 heavy (non-hydrogen) atoms. The second kappa shape index (κ2) is 10.5. The molecule has 1 amide bonds. The quantitative estimate of drug-likeness (QED) is 0.503. The van der Waals surface area contributed by atoms with Gasteiger partial charge in [0.15, 0.2) is 11.5 Å². The van der Waals surface area contributed by atoms with Crippen LogP contribution in [0, 0.1) is 0 Å². The Kier molecular flexibility index (Phi) is 7.43. The van der Waals surface area contributed by atoms with E-state index in [1.165, 1.54) is 0 Å². The van der Waals surface area contributed by atoms with E-state index in [9.17, 15) is 13.2 Å². The van der Waals surface area contributed by atoms with Gasteiger partial charge in [0.05, 0.1) is 19.1 Å². The van der Waals surface area contributed by atoms with E-state index in [1.54, 1.807) is 36.7 Å². The predicted octanol–water partition coefficient (Wildman–Crippen LogP) is 3.19. The summed E-state index contributed by atoms with van der Waals surface area (Å²) in [6, 6.07) is 12.7. The molecule has 0 unspecified atom stereocenters. The molecule has 2 aromatic carbocycles. The molecule has 1 aliphatic heterocycles. The molecule has 0 bridgehead atoms. The Labute approximate surface area is 200 Å². The lowest BCUT2D eigenvalue weighted by atomic mass is 10.1. The fourth-order valence-electron chi connectivity index (χ4n) is 4.32. The number of nitrogens with zero attached hydrogens (tertiary/aromatic N) is 2. The SMILES string of the molecule is COc1ccc(CCNC(=O)Cn2ccc3cc(S(=O)(=O)N4CCCCC4)ccc32)cc1OC. The van der Waals surface area contributed by atoms with Gasteiger partial charge in [-0.2, -0.15) is 4.31 Å². The van der Waals surface area contributed by atoms with Crippen LogP contribution in [0.15, 0.2) is 53.6 Å². The maximum absolute atomic E-state index is 13.0. The van der Waals surface area contributed by atoms with Crippen molar-refractivity contribution < 1.29 is 22.7 Å². The molecule has 0 saturated carbocycles. The number of benzene rings is 2. The number of piperidine rings is 1. The number of rotatable bonds is 9. The molecule has 3 aromatic rings. The van der Waals surface area contributed by atoms with Crippen molar-refractivity contribution in [3.05, 3.63) is 54.2 Å². The molecule has 0 atom stereocenters. The Morgan fingerprint density at radius 3 is 2.47 bits per heavy atom. The first-order valence-corrected chi connectivity index (χ1v) is 12.9. The Balaban J connectivity index is 1.37. The van der Waals surface area contributed by atoms with Gasteiger partial charge in [0.1, 0.15) is 6.54 Å². The van der Waals surface area contributed by atoms with E-state index in [-0.39, 0.29) is 12.5 Å². The molecule has 0 aliphatic carbocycles. The molecule has 8 nitrogen and oxygen atoms in total. The summed E-state index contributed by atoms with van der Waals surface area (Å²) >= 11 is 0. The van der Waals surface area contributed by atoms with E-state index < -0.39 is 10.0 Å². The molecular formula is C25H31N3O5S. The first-order valence-electron chi connectivity index (χ1n) is 11.5. The standard InChI is InChI=1S/C25H31N3O5S/c1-32-23-9-6-19(16-24(23)33-2)10-12-26-25(29)18-27-15-11-20-17-21(7-8-22(20)27)34(30,31)28-13-4-3-5-14-28/h6-9,11,15-17H,3-5,10,12-14,18H2,1-2H3,(H,26,29). The highest BCUT2D eigenvalue weighted by molar-refractivity contribution is 7.89. The zero-order chi connectivity index (χ0) is 24.1. The van der Waals surface area contributed by atoms with Gasteiger partial charge in [0, 0.05) is 36.7 Å². The van der Waals surface area contributed by atoms with E-state index in [1.807, 2.05) is 35.0 Å². The van der Waals surface area contributed by atoms with Crippen LogP contribution in [0.3, 0.4) is 0 Å². The van der Waals surface area contributed by atoms with E-state index >= 15 is 0 Å². The van der Waals surface area contributed by atoms with Crippen molar-refractivity contribution >= 4 is 26.8 Å². The lowest BCUT2D eigenvalue weighted by Crippen LogP contribution is -2.35. The van der Waals surface area contributed by atoms with Gasteiger partial charge in [-0.3, -0.25) is 4.79 Å². The van der Waals surface area contributed by atoms with Crippen molar-refractivity contribution in [2.75, 3.05) is 33.9 Å². The number of nitrogens with one attached hydrogen (secondary N) is 1. The van der Waals surface area contributed by atoms with E-state index in [4.69, 9.17) is 9.47 Å². The number of sulfonamides is 1. The summed E-state index contributed by atoms with van der Waals surface area (Å²) in [5.41, 5.74) is 1.86. The third kappa shape index (κ3) is 5.20. The molecular weight excluding hydrogens is 454 g/mol. The van der Waals surface area contributed by atoms with Gasteiger partial charge < -0.3 is 19.4 Å². The first-order chi connectivity index (χ1) is 16.4. The minimum Gasteiger partial charge on any atom is -0.493 e. The molecule has 182 valence electrons. The normalized spacial score (nSPS) is 14.8. The maximum atomic E-state index is 13.0. The number of amides is 1. The summed E-state index contributed by atoms with van der Waals surface area (Å²) in [5.74, 6) is 1.22. The molecule has 1 N–H and O–H groups in total. The predicted molar refractivity (Wildman–Crippen MR) is 131 cm³/mol. The number of fused-ring (bicyclic) bond motifs is 1. The van der Waals surface area contributed by atoms with Crippen LogP contribution in [0.5, 0.6) is 11.5 Å². The van der Waals surface area contributed by atoms with Crippen molar-refractivity contribution in [2.45, 2.75) is 37.1 Å². The minimum absolute atomic E-state index is 0.108. The Bertz CT molecular complexity index is 1260. The van der Waals surface area contributed by atoms with Crippen LogP contribution < -0.4 is 14.8 Å². The van der Waals surface area contributed by atoms with Crippen molar-refractivity contribution in [3.63, 3.8) is 0 Å². The second-order valence-corrected chi connectivity index (χ2v) is 10.4. The van der Waals surface area contributed by atoms with E-state index in [2.05, 4.69) is 5.32 Å². The van der Waals surface area contributed by atoms with Crippen LogP contribution in [0.1, 0.15) is 24.8 Å². The highest BCUT2D eigenvalue weighted by Gasteiger charge is 2.26. The van der Waals surface area contributed by atoms with Gasteiger partial charge in [0.2, 0.25) is 15.9 Å². The van der Waals surface area contributed by atoms with E-state index in [0.717, 1.165) is 35.7 Å². The zero-order valence-corrected chi connectivity index (χ0v) is 20.4. The van der Waals surface area contributed by atoms with Crippen LogP contribution in [0.2, 0.25) is 0 Å². The topological polar surface area (TPSA) is 89.9 Å². The summed E-state index contributed by atoms with van der Waals surface area (Å²) in [6.45, 7) is 1.80. The summed E-state index contributed by atoms with van der Waals surface area (Å²) in [6.07, 6.45) is 5.36. The third-order valence-corrected chi connectivity index (χ3v) is 8.09. The summed E-state index contributed by atoms with van der Waals surface area (Å²) in [4.78, 5) is 12.8. The van der Waals surface area contributed by atoms with Gasteiger partial charge in [-0.1, -0.05) is 12.5 Å². The van der Waals surface area contributed by atoms with Gasteiger partial charge in [-0.15, -0.1) is 0 Å². The molecule has 9 heteroatoms. The number of hydrogen-bond acceptors (Lipinski definition) is 5. The first kappa shape index (κ1) is 24.1. The molecule has 0 spiro atoms. The van der Waals surface area contributed by atoms with Gasteiger partial charge in [-0.25, -0.2) is 8.42 Å². The smallest absolute Gasteiger partial charge is 0.243 e. The number of hydrogen-bond donors (Lipinski definition) is 1. The van der Waals surface area contributed by atoms with E-state index in [0.29, 0.717) is 42.4 Å². The maximum Gasteiger partial charge on any atom is 0.243 e. The molecule has 1 aromatic heterocycles. The number of carbonyl (C=O) groups excluding carboxylic acids is 1. The fraction of sp³-hybridized carbons (Fsp3) is 0.400. The Hall–Kier alpha value is -3.04. The van der Waals surface area contributed by atoms with Crippen LogP contribution in [0.4, 0.5) is 0 Å². The number of carbonyl (C=O) groups is 1. The second-order valence-electron chi connectivity index (χ2n) is 8.42. The van der Waals surface area contributed by atoms with Crippen molar-refractivity contribution in [1.29, 1.82) is 0 Å². The highest BCUT2D eigenvalue weighted by atomic mass is 32.2. The van der Waals surface area contributed by atoms with Gasteiger partial charge >= 0.3 is 0 Å². The summed E-state index contributed by atoms with van der Waals surface area (Å²) < 4.78 is 39.9. The largest absolute Gasteiger partial charge is 0.493 e. The average molecular weight is 486 g/mol. The van der Waals surface area contributed by atoms with Crippen LogP contribution in [0.25, 0.3) is 10.9 Å². The van der Waals surface area contributed by atoms with Gasteiger partial charge in [-0.05, 0) is 61.2 Å². The molecule has 1 aliphatic rings. The molecule has 4 rings (SSSR count). The Morgan fingerprint density at radius 1 is 0.971 bits per heavy atom. The van der Waals surface area contributed by atoms with Crippen molar-refractivity contribution in [3.8, 4) is 11.5 Å². The third-order valence-electron chi connectivity index (χ3n) is 6.19. The van der Waals surface area contributed by atoms with Crippen molar-refractivity contribution in [2.24, 2.45) is 0 Å². The van der Waals surface area contributed by atoms with Gasteiger partial charge in [0.25, 0.3) is 0 Å². The summed E-state index contributed by atoms with van der Waals surface area (Å²) in [7, 11) is -0.299.